The number of carboxylic acids is 1. The summed E-state index contributed by atoms with van der Waals surface area (Å²) in [5, 5.41) is 17.4. The van der Waals surface area contributed by atoms with Gasteiger partial charge in [-0.25, -0.2) is 9.18 Å². The van der Waals surface area contributed by atoms with Gasteiger partial charge in [-0.3, -0.25) is 0 Å². The monoisotopic (exact) mass is 230 g/mol. The van der Waals surface area contributed by atoms with Crippen molar-refractivity contribution in [2.75, 3.05) is 6.61 Å². The molecule has 0 saturated carbocycles. The molecule has 1 unspecified atom stereocenters. The SMILES string of the molecule is CC(CO)Sc1c(F)cccc1C(=O)O. The Balaban J connectivity index is 3.07. The van der Waals surface area contributed by atoms with Gasteiger partial charge >= 0.3 is 5.97 Å². The largest absolute Gasteiger partial charge is 0.478 e. The Morgan fingerprint density at radius 3 is 2.80 bits per heavy atom. The van der Waals surface area contributed by atoms with Crippen LogP contribution in [0.4, 0.5) is 4.39 Å². The van der Waals surface area contributed by atoms with E-state index in [9.17, 15) is 9.18 Å². The van der Waals surface area contributed by atoms with Gasteiger partial charge in [0.2, 0.25) is 0 Å². The summed E-state index contributed by atoms with van der Waals surface area (Å²) in [6.07, 6.45) is 0. The molecule has 3 nitrogen and oxygen atoms in total. The molecule has 5 heteroatoms. The summed E-state index contributed by atoms with van der Waals surface area (Å²) in [6, 6.07) is 3.91. The van der Waals surface area contributed by atoms with Crippen molar-refractivity contribution < 1.29 is 19.4 Å². The van der Waals surface area contributed by atoms with Crippen molar-refractivity contribution in [1.29, 1.82) is 0 Å². The third-order valence-electron chi connectivity index (χ3n) is 1.77. The number of aliphatic hydroxyl groups is 1. The standard InChI is InChI=1S/C10H11FO3S/c1-6(5-12)15-9-7(10(13)14)3-2-4-8(9)11/h2-4,6,12H,5H2,1H3,(H,13,14). The second kappa shape index (κ2) is 5.14. The summed E-state index contributed by atoms with van der Waals surface area (Å²) in [4.78, 5) is 10.9. The van der Waals surface area contributed by atoms with E-state index in [4.69, 9.17) is 10.2 Å². The zero-order valence-electron chi connectivity index (χ0n) is 8.11. The molecule has 0 aliphatic rings. The molecule has 0 aliphatic carbocycles. The second-order valence-electron chi connectivity index (χ2n) is 3.03. The van der Waals surface area contributed by atoms with E-state index in [-0.39, 0.29) is 22.3 Å². The first-order chi connectivity index (χ1) is 7.06. The Morgan fingerprint density at radius 1 is 1.60 bits per heavy atom. The third-order valence-corrected chi connectivity index (χ3v) is 2.98. The summed E-state index contributed by atoms with van der Waals surface area (Å²) in [5.41, 5.74) is -0.0692. The Labute approximate surface area is 90.9 Å². The van der Waals surface area contributed by atoms with Gasteiger partial charge in [-0.05, 0) is 12.1 Å². The number of rotatable bonds is 4. The predicted octanol–water partition coefficient (Wildman–Crippen LogP) is 2.00. The summed E-state index contributed by atoms with van der Waals surface area (Å²) in [5.74, 6) is -1.73. The number of aliphatic hydroxyl groups excluding tert-OH is 1. The Morgan fingerprint density at radius 2 is 2.27 bits per heavy atom. The fourth-order valence-electron chi connectivity index (χ4n) is 1.04. The minimum absolute atomic E-state index is 0.0692. The maximum absolute atomic E-state index is 13.3. The fraction of sp³-hybridized carbons (Fsp3) is 0.300. The lowest BCUT2D eigenvalue weighted by Crippen LogP contribution is -2.06. The molecule has 0 saturated heterocycles. The van der Waals surface area contributed by atoms with Crippen LogP contribution in [0.5, 0.6) is 0 Å². The molecule has 0 aromatic heterocycles. The lowest BCUT2D eigenvalue weighted by Gasteiger charge is -2.10. The molecule has 0 amide bonds. The molecular formula is C10H11FO3S. The molecule has 0 fully saturated rings. The first-order valence-electron chi connectivity index (χ1n) is 4.35. The molecule has 0 bridgehead atoms. The van der Waals surface area contributed by atoms with E-state index in [1.807, 2.05) is 0 Å². The van der Waals surface area contributed by atoms with Gasteiger partial charge in [0.15, 0.2) is 0 Å². The number of hydrogen-bond donors (Lipinski definition) is 2. The van der Waals surface area contributed by atoms with Crippen LogP contribution in [0.3, 0.4) is 0 Å². The quantitative estimate of drug-likeness (QED) is 0.777. The molecular weight excluding hydrogens is 219 g/mol. The van der Waals surface area contributed by atoms with Crippen molar-refractivity contribution in [3.05, 3.63) is 29.6 Å². The smallest absolute Gasteiger partial charge is 0.336 e. The highest BCUT2D eigenvalue weighted by atomic mass is 32.2. The summed E-state index contributed by atoms with van der Waals surface area (Å²) >= 11 is 1.02. The third kappa shape index (κ3) is 2.94. The first kappa shape index (κ1) is 12.0. The van der Waals surface area contributed by atoms with Gasteiger partial charge in [0, 0.05) is 5.25 Å². The van der Waals surface area contributed by atoms with E-state index in [1.54, 1.807) is 6.92 Å². The van der Waals surface area contributed by atoms with Crippen molar-refractivity contribution in [2.45, 2.75) is 17.1 Å². The Hall–Kier alpha value is -1.07. The number of thioether (sulfide) groups is 1. The lowest BCUT2D eigenvalue weighted by atomic mass is 10.2. The van der Waals surface area contributed by atoms with Gasteiger partial charge < -0.3 is 10.2 Å². The fourth-order valence-corrected chi connectivity index (χ4v) is 1.98. The van der Waals surface area contributed by atoms with Crippen LogP contribution in [0.2, 0.25) is 0 Å². The number of benzene rings is 1. The average molecular weight is 230 g/mol. The minimum Gasteiger partial charge on any atom is -0.478 e. The highest BCUT2D eigenvalue weighted by molar-refractivity contribution is 8.00. The van der Waals surface area contributed by atoms with Crippen LogP contribution < -0.4 is 0 Å². The highest BCUT2D eigenvalue weighted by Gasteiger charge is 2.16. The van der Waals surface area contributed by atoms with Gasteiger partial charge in [-0.2, -0.15) is 0 Å². The van der Waals surface area contributed by atoms with Gasteiger partial charge in [0.05, 0.1) is 17.1 Å². The van der Waals surface area contributed by atoms with Crippen LogP contribution in [0.15, 0.2) is 23.1 Å². The number of halogens is 1. The average Bonchev–Trinajstić information content (AvgIpc) is 2.20. The van der Waals surface area contributed by atoms with Gasteiger partial charge in [-0.15, -0.1) is 11.8 Å². The van der Waals surface area contributed by atoms with Crippen LogP contribution >= 0.6 is 11.8 Å². The number of hydrogen-bond acceptors (Lipinski definition) is 3. The van der Waals surface area contributed by atoms with E-state index in [1.165, 1.54) is 18.2 Å². The van der Waals surface area contributed by atoms with Crippen LogP contribution in [0, 0.1) is 5.82 Å². The molecule has 1 aromatic carbocycles. The van der Waals surface area contributed by atoms with Crippen LogP contribution in [0.1, 0.15) is 17.3 Å². The second-order valence-corrected chi connectivity index (χ2v) is 4.48. The Kier molecular flexibility index (Phi) is 4.11. The molecule has 0 radical (unpaired) electrons. The maximum atomic E-state index is 13.3. The summed E-state index contributed by atoms with van der Waals surface area (Å²) in [7, 11) is 0. The first-order valence-corrected chi connectivity index (χ1v) is 5.23. The minimum atomic E-state index is -1.16. The molecule has 0 aliphatic heterocycles. The number of aromatic carboxylic acids is 1. The van der Waals surface area contributed by atoms with E-state index in [0.29, 0.717) is 0 Å². The molecule has 0 heterocycles. The summed E-state index contributed by atoms with van der Waals surface area (Å²) in [6.45, 7) is 1.57. The van der Waals surface area contributed by atoms with Crippen molar-refractivity contribution in [1.82, 2.24) is 0 Å². The van der Waals surface area contributed by atoms with Gasteiger partial charge in [0.1, 0.15) is 5.82 Å². The van der Waals surface area contributed by atoms with E-state index in [2.05, 4.69) is 0 Å². The normalized spacial score (nSPS) is 12.5. The van der Waals surface area contributed by atoms with E-state index < -0.39 is 11.8 Å². The van der Waals surface area contributed by atoms with Gasteiger partial charge in [-0.1, -0.05) is 13.0 Å². The number of carboxylic acid groups (broad SMARTS) is 1. The predicted molar refractivity (Wildman–Crippen MR) is 55.8 cm³/mol. The van der Waals surface area contributed by atoms with Crippen molar-refractivity contribution in [3.63, 3.8) is 0 Å². The molecule has 1 rings (SSSR count). The zero-order chi connectivity index (χ0) is 11.4. The van der Waals surface area contributed by atoms with Crippen molar-refractivity contribution in [2.24, 2.45) is 0 Å². The van der Waals surface area contributed by atoms with Crippen molar-refractivity contribution >= 4 is 17.7 Å². The molecule has 1 aromatic rings. The van der Waals surface area contributed by atoms with Gasteiger partial charge in [0.25, 0.3) is 0 Å². The van der Waals surface area contributed by atoms with Crippen molar-refractivity contribution in [3.8, 4) is 0 Å². The van der Waals surface area contributed by atoms with E-state index >= 15 is 0 Å². The number of carbonyl (C=O) groups is 1. The van der Waals surface area contributed by atoms with E-state index in [0.717, 1.165) is 11.8 Å². The summed E-state index contributed by atoms with van der Waals surface area (Å²) < 4.78 is 13.3. The van der Waals surface area contributed by atoms with Crippen LogP contribution in [-0.4, -0.2) is 28.0 Å². The lowest BCUT2D eigenvalue weighted by molar-refractivity contribution is 0.0692. The molecule has 15 heavy (non-hydrogen) atoms. The molecule has 0 spiro atoms. The maximum Gasteiger partial charge on any atom is 0.336 e. The molecule has 2 N–H and O–H groups in total. The highest BCUT2D eigenvalue weighted by Crippen LogP contribution is 2.29. The molecule has 1 atom stereocenters. The van der Waals surface area contributed by atoms with Crippen LogP contribution in [0.25, 0.3) is 0 Å². The topological polar surface area (TPSA) is 57.5 Å². The Bertz CT molecular complexity index is 368. The molecule has 82 valence electrons. The zero-order valence-corrected chi connectivity index (χ0v) is 8.92. The van der Waals surface area contributed by atoms with Crippen LogP contribution in [-0.2, 0) is 0 Å².